The number of nitrogens with one attached hydrogen (secondary N) is 1. The molecule has 80 valence electrons. The van der Waals surface area contributed by atoms with Crippen molar-refractivity contribution in [3.05, 3.63) is 42.2 Å². The minimum absolute atomic E-state index is 0.0619. The van der Waals surface area contributed by atoms with Gasteiger partial charge in [0.15, 0.2) is 5.78 Å². The van der Waals surface area contributed by atoms with Crippen molar-refractivity contribution in [2.45, 2.75) is 12.0 Å². The second kappa shape index (κ2) is 2.95. The lowest BCUT2D eigenvalue weighted by molar-refractivity contribution is -0.141. The van der Waals surface area contributed by atoms with Crippen LogP contribution in [-0.2, 0) is 19.9 Å². The fraction of sp³-hybridized carbons (Fsp3) is 0.167. The first-order valence-corrected chi connectivity index (χ1v) is 5.00. The SMILES string of the molecule is O=C1C=COC2(C1)C(=O)Nc1ccccc12. The molecule has 0 fully saturated rings. The van der Waals surface area contributed by atoms with Crippen LogP contribution >= 0.6 is 0 Å². The van der Waals surface area contributed by atoms with Crippen LogP contribution in [0, 0.1) is 0 Å². The molecule has 0 saturated carbocycles. The topological polar surface area (TPSA) is 55.4 Å². The standard InChI is InChI=1S/C12H9NO3/c14-8-5-6-16-12(7-8)9-3-1-2-4-10(9)13-11(12)15/h1-6H,7H2,(H,13,15). The summed E-state index contributed by atoms with van der Waals surface area (Å²) >= 11 is 0. The van der Waals surface area contributed by atoms with Crippen molar-refractivity contribution in [2.24, 2.45) is 0 Å². The maximum Gasteiger partial charge on any atom is 0.273 e. The number of fused-ring (bicyclic) bond motifs is 2. The molecule has 3 rings (SSSR count). The monoisotopic (exact) mass is 215 g/mol. The number of para-hydroxylation sites is 1. The van der Waals surface area contributed by atoms with E-state index in [0.29, 0.717) is 0 Å². The molecule has 1 amide bonds. The van der Waals surface area contributed by atoms with Crippen LogP contribution in [0.25, 0.3) is 0 Å². The first kappa shape index (κ1) is 9.15. The highest BCUT2D eigenvalue weighted by molar-refractivity contribution is 6.09. The summed E-state index contributed by atoms with van der Waals surface area (Å²) in [5.41, 5.74) is 0.302. The van der Waals surface area contributed by atoms with Crippen LogP contribution in [0.3, 0.4) is 0 Å². The van der Waals surface area contributed by atoms with Crippen LogP contribution in [0.1, 0.15) is 12.0 Å². The Kier molecular flexibility index (Phi) is 1.68. The highest BCUT2D eigenvalue weighted by Gasteiger charge is 2.50. The summed E-state index contributed by atoms with van der Waals surface area (Å²) in [6, 6.07) is 7.26. The van der Waals surface area contributed by atoms with E-state index in [1.807, 2.05) is 12.1 Å². The Balaban J connectivity index is 2.18. The second-order valence-electron chi connectivity index (χ2n) is 3.89. The van der Waals surface area contributed by atoms with Gasteiger partial charge in [-0.3, -0.25) is 9.59 Å². The van der Waals surface area contributed by atoms with Gasteiger partial charge in [-0.25, -0.2) is 0 Å². The quantitative estimate of drug-likeness (QED) is 0.710. The number of amides is 1. The Morgan fingerprint density at radius 3 is 2.88 bits per heavy atom. The number of ether oxygens (including phenoxy) is 1. The van der Waals surface area contributed by atoms with Gasteiger partial charge in [-0.1, -0.05) is 18.2 Å². The van der Waals surface area contributed by atoms with E-state index in [0.717, 1.165) is 11.3 Å². The van der Waals surface area contributed by atoms with Crippen molar-refractivity contribution in [3.8, 4) is 0 Å². The van der Waals surface area contributed by atoms with Gasteiger partial charge in [-0.05, 0) is 6.07 Å². The van der Waals surface area contributed by atoms with Gasteiger partial charge in [0.1, 0.15) is 0 Å². The summed E-state index contributed by atoms with van der Waals surface area (Å²) < 4.78 is 5.42. The van der Waals surface area contributed by atoms with Gasteiger partial charge in [0.05, 0.1) is 12.7 Å². The lowest BCUT2D eigenvalue weighted by atomic mass is 9.88. The van der Waals surface area contributed by atoms with E-state index in [1.165, 1.54) is 12.3 Å². The molecule has 0 aliphatic carbocycles. The second-order valence-corrected chi connectivity index (χ2v) is 3.89. The molecular weight excluding hydrogens is 206 g/mol. The Labute approximate surface area is 91.9 Å². The predicted octanol–water partition coefficient (Wildman–Crippen LogP) is 1.34. The number of carbonyl (C=O) groups is 2. The summed E-state index contributed by atoms with van der Waals surface area (Å²) in [6.45, 7) is 0. The van der Waals surface area contributed by atoms with Crippen molar-refractivity contribution < 1.29 is 14.3 Å². The number of allylic oxidation sites excluding steroid dienone is 1. The third kappa shape index (κ3) is 1.04. The molecule has 1 aromatic carbocycles. The lowest BCUT2D eigenvalue weighted by Gasteiger charge is -2.28. The fourth-order valence-corrected chi connectivity index (χ4v) is 2.15. The van der Waals surface area contributed by atoms with Gasteiger partial charge in [-0.15, -0.1) is 0 Å². The molecule has 2 heterocycles. The van der Waals surface area contributed by atoms with Gasteiger partial charge >= 0.3 is 0 Å². The lowest BCUT2D eigenvalue weighted by Crippen LogP contribution is -2.39. The number of carbonyl (C=O) groups excluding carboxylic acids is 2. The van der Waals surface area contributed by atoms with Crippen LogP contribution in [0.15, 0.2) is 36.6 Å². The summed E-state index contributed by atoms with van der Waals surface area (Å²) in [5.74, 6) is -0.371. The third-order valence-electron chi connectivity index (χ3n) is 2.92. The zero-order valence-corrected chi connectivity index (χ0v) is 8.40. The summed E-state index contributed by atoms with van der Waals surface area (Å²) in [4.78, 5) is 23.4. The Bertz CT molecular complexity index is 521. The largest absolute Gasteiger partial charge is 0.480 e. The van der Waals surface area contributed by atoms with Crippen molar-refractivity contribution in [2.75, 3.05) is 5.32 Å². The molecule has 2 aliphatic rings. The van der Waals surface area contributed by atoms with Crippen LogP contribution in [0.4, 0.5) is 5.69 Å². The maximum atomic E-state index is 11.9. The Morgan fingerprint density at radius 2 is 2.06 bits per heavy atom. The zero-order chi connectivity index (χ0) is 11.2. The molecule has 0 aromatic heterocycles. The van der Waals surface area contributed by atoms with Gasteiger partial charge in [0, 0.05) is 17.3 Å². The minimum Gasteiger partial charge on any atom is -0.480 e. The average Bonchev–Trinajstić information content (AvgIpc) is 2.53. The average molecular weight is 215 g/mol. The van der Waals surface area contributed by atoms with Crippen LogP contribution in [-0.4, -0.2) is 11.7 Å². The van der Waals surface area contributed by atoms with E-state index in [4.69, 9.17) is 4.74 Å². The number of hydrogen-bond acceptors (Lipinski definition) is 3. The van der Waals surface area contributed by atoms with Gasteiger partial charge in [0.25, 0.3) is 5.91 Å². The van der Waals surface area contributed by atoms with Crippen molar-refractivity contribution in [3.63, 3.8) is 0 Å². The number of ketones is 1. The number of benzene rings is 1. The van der Waals surface area contributed by atoms with E-state index >= 15 is 0 Å². The number of hydrogen-bond donors (Lipinski definition) is 1. The molecule has 1 N–H and O–H groups in total. The fourth-order valence-electron chi connectivity index (χ4n) is 2.15. The van der Waals surface area contributed by atoms with Crippen LogP contribution in [0.5, 0.6) is 0 Å². The number of rotatable bonds is 0. The molecule has 1 atom stereocenters. The van der Waals surface area contributed by atoms with Crippen LogP contribution in [0.2, 0.25) is 0 Å². The molecule has 4 heteroatoms. The first-order chi connectivity index (χ1) is 7.72. The smallest absolute Gasteiger partial charge is 0.273 e. The summed E-state index contributed by atoms with van der Waals surface area (Å²) in [6.07, 6.45) is 2.71. The van der Waals surface area contributed by atoms with E-state index < -0.39 is 5.60 Å². The molecule has 1 spiro atoms. The Hall–Kier alpha value is -2.10. The molecule has 16 heavy (non-hydrogen) atoms. The number of anilines is 1. The van der Waals surface area contributed by atoms with E-state index in [-0.39, 0.29) is 18.1 Å². The van der Waals surface area contributed by atoms with Crippen molar-refractivity contribution >= 4 is 17.4 Å². The van der Waals surface area contributed by atoms with Crippen molar-refractivity contribution in [1.29, 1.82) is 0 Å². The normalized spacial score (nSPS) is 26.5. The van der Waals surface area contributed by atoms with Gasteiger partial charge in [0.2, 0.25) is 5.60 Å². The third-order valence-corrected chi connectivity index (χ3v) is 2.92. The minimum atomic E-state index is -1.15. The molecule has 4 nitrogen and oxygen atoms in total. The molecule has 0 saturated heterocycles. The Morgan fingerprint density at radius 1 is 1.25 bits per heavy atom. The molecule has 1 aromatic rings. The van der Waals surface area contributed by atoms with E-state index in [9.17, 15) is 9.59 Å². The van der Waals surface area contributed by atoms with Gasteiger partial charge in [-0.2, -0.15) is 0 Å². The molecule has 1 unspecified atom stereocenters. The highest BCUT2D eigenvalue weighted by atomic mass is 16.5. The highest BCUT2D eigenvalue weighted by Crippen LogP contribution is 2.42. The van der Waals surface area contributed by atoms with Crippen LogP contribution < -0.4 is 5.32 Å². The molecule has 0 bridgehead atoms. The first-order valence-electron chi connectivity index (χ1n) is 5.00. The van der Waals surface area contributed by atoms with Crippen molar-refractivity contribution in [1.82, 2.24) is 0 Å². The van der Waals surface area contributed by atoms with E-state index in [2.05, 4.69) is 5.32 Å². The molecular formula is C12H9NO3. The molecule has 2 aliphatic heterocycles. The van der Waals surface area contributed by atoms with E-state index in [1.54, 1.807) is 12.1 Å². The zero-order valence-electron chi connectivity index (χ0n) is 8.40. The summed E-state index contributed by atoms with van der Waals surface area (Å²) in [5, 5.41) is 2.73. The summed E-state index contributed by atoms with van der Waals surface area (Å²) in [7, 11) is 0. The van der Waals surface area contributed by atoms with Gasteiger partial charge < -0.3 is 10.1 Å². The predicted molar refractivity (Wildman–Crippen MR) is 56.6 cm³/mol. The molecule has 0 radical (unpaired) electrons. The maximum absolute atomic E-state index is 11.9.